The maximum Gasteiger partial charge on any atom is 0.327 e. The number of hydrazine groups is 1. The van der Waals surface area contributed by atoms with Crippen molar-refractivity contribution < 1.29 is 18.8 Å². The second kappa shape index (κ2) is 6.76. The van der Waals surface area contributed by atoms with Crippen LogP contribution in [-0.4, -0.2) is 23.8 Å². The Morgan fingerprint density at radius 1 is 1.00 bits per heavy atom. The number of furan rings is 1. The molecule has 0 spiro atoms. The maximum absolute atomic E-state index is 12.0. The highest BCUT2D eigenvalue weighted by Crippen LogP contribution is 2.28. The number of hydrogen-bond acceptors (Lipinski definition) is 4. The first-order valence-electron chi connectivity index (χ1n) is 7.30. The summed E-state index contributed by atoms with van der Waals surface area (Å²) < 4.78 is 5.43. The Labute approximate surface area is 142 Å². The number of carbonyl (C=O) groups is 3. The van der Waals surface area contributed by atoms with Gasteiger partial charge in [-0.3, -0.25) is 25.2 Å². The molecule has 1 aromatic heterocycles. The largest absolute Gasteiger partial charge is 0.451 e. The number of rotatable bonds is 3. The molecule has 1 aliphatic rings. The van der Waals surface area contributed by atoms with Crippen molar-refractivity contribution in [2.24, 2.45) is 0 Å². The second-order valence-corrected chi connectivity index (χ2v) is 5.71. The summed E-state index contributed by atoms with van der Waals surface area (Å²) >= 11 is 6.07. The molecule has 1 fully saturated rings. The van der Waals surface area contributed by atoms with Gasteiger partial charge in [-0.25, -0.2) is 0 Å². The summed E-state index contributed by atoms with van der Waals surface area (Å²) in [4.78, 5) is 34.9. The van der Waals surface area contributed by atoms with E-state index < -0.39 is 17.7 Å². The van der Waals surface area contributed by atoms with E-state index in [0.717, 1.165) is 12.8 Å². The van der Waals surface area contributed by atoms with Crippen molar-refractivity contribution in [1.29, 1.82) is 0 Å². The first kappa shape index (κ1) is 16.1. The van der Waals surface area contributed by atoms with Gasteiger partial charge in [0.2, 0.25) is 0 Å². The molecule has 3 rings (SSSR count). The van der Waals surface area contributed by atoms with Crippen LogP contribution in [0.5, 0.6) is 0 Å². The minimum absolute atomic E-state index is 0.0205. The third-order valence-corrected chi connectivity index (χ3v) is 3.71. The van der Waals surface area contributed by atoms with Crippen LogP contribution in [0, 0.1) is 0 Å². The fourth-order valence-electron chi connectivity index (χ4n) is 1.98. The molecular formula is C16H14ClN3O4. The van der Waals surface area contributed by atoms with Gasteiger partial charge >= 0.3 is 17.7 Å². The van der Waals surface area contributed by atoms with E-state index in [1.807, 2.05) is 5.43 Å². The Kier molecular flexibility index (Phi) is 4.52. The van der Waals surface area contributed by atoms with Crippen molar-refractivity contribution in [3.05, 3.63) is 47.2 Å². The van der Waals surface area contributed by atoms with Gasteiger partial charge < -0.3 is 9.73 Å². The Bertz CT molecular complexity index is 798. The molecule has 0 radical (unpaired) electrons. The molecule has 2 aromatic rings. The van der Waals surface area contributed by atoms with Crippen molar-refractivity contribution in [3.8, 4) is 11.3 Å². The van der Waals surface area contributed by atoms with Crippen molar-refractivity contribution in [1.82, 2.24) is 16.2 Å². The fraction of sp³-hybridized carbons (Fsp3) is 0.188. The molecule has 8 heteroatoms. The van der Waals surface area contributed by atoms with Crippen LogP contribution in [0.3, 0.4) is 0 Å². The summed E-state index contributed by atoms with van der Waals surface area (Å²) in [6.07, 6.45) is 1.73. The van der Waals surface area contributed by atoms with E-state index in [4.69, 9.17) is 16.0 Å². The average Bonchev–Trinajstić information content (AvgIpc) is 3.25. The lowest BCUT2D eigenvalue weighted by molar-refractivity contribution is -0.139. The number of benzene rings is 1. The van der Waals surface area contributed by atoms with Crippen LogP contribution >= 0.6 is 11.6 Å². The molecule has 7 nitrogen and oxygen atoms in total. The monoisotopic (exact) mass is 347 g/mol. The number of hydrogen-bond donors (Lipinski definition) is 3. The van der Waals surface area contributed by atoms with Gasteiger partial charge in [0.25, 0.3) is 0 Å². The van der Waals surface area contributed by atoms with Crippen LogP contribution in [-0.2, 0) is 9.59 Å². The van der Waals surface area contributed by atoms with Crippen LogP contribution in [0.4, 0.5) is 0 Å². The van der Waals surface area contributed by atoms with E-state index in [9.17, 15) is 14.4 Å². The minimum Gasteiger partial charge on any atom is -0.451 e. The van der Waals surface area contributed by atoms with E-state index in [1.54, 1.807) is 30.3 Å². The van der Waals surface area contributed by atoms with Gasteiger partial charge in [0.05, 0.1) is 5.02 Å². The van der Waals surface area contributed by atoms with Gasteiger partial charge in [-0.1, -0.05) is 23.7 Å². The number of amides is 3. The van der Waals surface area contributed by atoms with Crippen LogP contribution in [0.25, 0.3) is 11.3 Å². The average molecular weight is 348 g/mol. The smallest absolute Gasteiger partial charge is 0.327 e. The lowest BCUT2D eigenvalue weighted by Gasteiger charge is -2.06. The van der Waals surface area contributed by atoms with Crippen LogP contribution < -0.4 is 16.2 Å². The fourth-order valence-corrected chi connectivity index (χ4v) is 2.21. The maximum atomic E-state index is 12.0. The molecule has 24 heavy (non-hydrogen) atoms. The zero-order valence-corrected chi connectivity index (χ0v) is 13.2. The molecule has 124 valence electrons. The molecule has 1 aromatic carbocycles. The highest BCUT2D eigenvalue weighted by molar-refractivity contribution is 6.35. The molecule has 3 amide bonds. The van der Waals surface area contributed by atoms with Crippen LogP contribution in [0.1, 0.15) is 23.4 Å². The Morgan fingerprint density at radius 2 is 1.75 bits per heavy atom. The van der Waals surface area contributed by atoms with Crippen molar-refractivity contribution >= 4 is 29.3 Å². The lowest BCUT2D eigenvalue weighted by Crippen LogP contribution is -2.48. The lowest BCUT2D eigenvalue weighted by atomic mass is 10.2. The van der Waals surface area contributed by atoms with Crippen molar-refractivity contribution in [3.63, 3.8) is 0 Å². The van der Waals surface area contributed by atoms with Gasteiger partial charge in [-0.2, -0.15) is 0 Å². The SMILES string of the molecule is O=C(NNC(=O)c1ccc(-c2ccccc2Cl)o1)C(=O)NC1CC1. The Morgan fingerprint density at radius 3 is 2.46 bits per heavy atom. The normalized spacial score (nSPS) is 13.2. The quantitative estimate of drug-likeness (QED) is 0.580. The third-order valence-electron chi connectivity index (χ3n) is 3.38. The zero-order chi connectivity index (χ0) is 17.1. The minimum atomic E-state index is -0.937. The van der Waals surface area contributed by atoms with Gasteiger partial charge in [0.1, 0.15) is 5.76 Å². The summed E-state index contributed by atoms with van der Waals surface area (Å²) in [6, 6.07) is 10.1. The predicted molar refractivity (Wildman–Crippen MR) is 85.9 cm³/mol. The molecule has 0 atom stereocenters. The molecule has 3 N–H and O–H groups in total. The van der Waals surface area contributed by atoms with E-state index in [1.165, 1.54) is 6.07 Å². The van der Waals surface area contributed by atoms with Gasteiger partial charge in [0.15, 0.2) is 5.76 Å². The van der Waals surface area contributed by atoms with Gasteiger partial charge in [-0.15, -0.1) is 0 Å². The summed E-state index contributed by atoms with van der Waals surface area (Å²) in [5, 5.41) is 3.00. The summed E-state index contributed by atoms with van der Waals surface area (Å²) in [6.45, 7) is 0. The van der Waals surface area contributed by atoms with E-state index in [2.05, 4.69) is 10.7 Å². The third kappa shape index (κ3) is 3.75. The van der Waals surface area contributed by atoms with E-state index in [0.29, 0.717) is 16.3 Å². The molecule has 1 aliphatic carbocycles. The number of nitrogens with one attached hydrogen (secondary N) is 3. The Hall–Kier alpha value is -2.80. The molecule has 0 unspecified atom stereocenters. The summed E-state index contributed by atoms with van der Waals surface area (Å²) in [7, 11) is 0. The van der Waals surface area contributed by atoms with Crippen LogP contribution in [0.2, 0.25) is 5.02 Å². The first-order chi connectivity index (χ1) is 11.5. The first-order valence-corrected chi connectivity index (χ1v) is 7.68. The highest BCUT2D eigenvalue weighted by atomic mass is 35.5. The highest BCUT2D eigenvalue weighted by Gasteiger charge is 2.26. The van der Waals surface area contributed by atoms with Crippen molar-refractivity contribution in [2.45, 2.75) is 18.9 Å². The van der Waals surface area contributed by atoms with Gasteiger partial charge in [-0.05, 0) is 37.1 Å². The van der Waals surface area contributed by atoms with E-state index in [-0.39, 0.29) is 11.8 Å². The summed E-state index contributed by atoms with van der Waals surface area (Å²) in [5.41, 5.74) is 4.81. The molecule has 1 saturated carbocycles. The standard InChI is InChI=1S/C16H14ClN3O4/c17-11-4-2-1-3-10(11)12-7-8-13(24-12)14(21)19-20-16(23)15(22)18-9-5-6-9/h1-4,7-9H,5-6H2,(H,18,22)(H,19,21)(H,20,23). The van der Waals surface area contributed by atoms with E-state index >= 15 is 0 Å². The molecular weight excluding hydrogens is 334 g/mol. The zero-order valence-electron chi connectivity index (χ0n) is 12.5. The number of carbonyl (C=O) groups excluding carboxylic acids is 3. The van der Waals surface area contributed by atoms with Crippen LogP contribution in [0.15, 0.2) is 40.8 Å². The molecule has 1 heterocycles. The second-order valence-electron chi connectivity index (χ2n) is 5.30. The predicted octanol–water partition coefficient (Wildman–Crippen LogP) is 1.64. The van der Waals surface area contributed by atoms with Crippen molar-refractivity contribution in [2.75, 3.05) is 0 Å². The molecule has 0 bridgehead atoms. The van der Waals surface area contributed by atoms with Gasteiger partial charge in [0, 0.05) is 11.6 Å². The topological polar surface area (TPSA) is 100 Å². The Balaban J connectivity index is 1.58. The number of halogens is 1. The molecule has 0 saturated heterocycles. The molecule has 0 aliphatic heterocycles. The summed E-state index contributed by atoms with van der Waals surface area (Å²) in [5.74, 6) is -2.00.